The molecule has 1 aliphatic carbocycles. The van der Waals surface area contributed by atoms with E-state index in [9.17, 15) is 18.4 Å². The Hall–Kier alpha value is -2.02. The van der Waals surface area contributed by atoms with Gasteiger partial charge in [0.2, 0.25) is 11.8 Å². The van der Waals surface area contributed by atoms with E-state index in [4.69, 9.17) is 0 Å². The number of benzene rings is 1. The van der Waals surface area contributed by atoms with Crippen LogP contribution >= 0.6 is 0 Å². The molecule has 3 N–H and O–H groups in total. The molecule has 0 radical (unpaired) electrons. The van der Waals surface area contributed by atoms with Gasteiger partial charge in [-0.05, 0) is 25.0 Å². The van der Waals surface area contributed by atoms with Crippen molar-refractivity contribution in [1.82, 2.24) is 10.6 Å². The van der Waals surface area contributed by atoms with Crippen molar-refractivity contribution in [3.05, 3.63) is 29.8 Å². The Morgan fingerprint density at radius 2 is 1.81 bits per heavy atom. The lowest BCUT2D eigenvalue weighted by Crippen LogP contribution is -2.33. The van der Waals surface area contributed by atoms with Gasteiger partial charge in [-0.2, -0.15) is 0 Å². The van der Waals surface area contributed by atoms with Crippen LogP contribution in [0.15, 0.2) is 18.2 Å². The molecule has 1 saturated carbocycles. The summed E-state index contributed by atoms with van der Waals surface area (Å²) in [6.45, 7) is 0.205. The predicted octanol–water partition coefficient (Wildman–Crippen LogP) is 1.16. The smallest absolute Gasteiger partial charge is 0.238 e. The molecule has 2 rings (SSSR count). The van der Waals surface area contributed by atoms with Gasteiger partial charge in [-0.1, -0.05) is 6.07 Å². The zero-order chi connectivity index (χ0) is 15.2. The van der Waals surface area contributed by atoms with E-state index >= 15 is 0 Å². The first-order valence-electron chi connectivity index (χ1n) is 6.80. The molecule has 0 heterocycles. The van der Waals surface area contributed by atoms with Crippen molar-refractivity contribution in [3.8, 4) is 0 Å². The summed E-state index contributed by atoms with van der Waals surface area (Å²) in [6.07, 6.45) is 2.31. The van der Waals surface area contributed by atoms with Gasteiger partial charge >= 0.3 is 0 Å². The minimum absolute atomic E-state index is 0.0643. The molecule has 7 heteroatoms. The van der Waals surface area contributed by atoms with E-state index in [0.717, 1.165) is 25.0 Å². The molecule has 0 unspecified atom stereocenters. The summed E-state index contributed by atoms with van der Waals surface area (Å²) in [4.78, 5) is 22.9. The standard InChI is InChI=1S/C14H17F2N3O2/c15-10-2-1-3-11(16)14(10)19-13(21)8-17-7-6-12(20)18-9-4-5-9/h1-3,9,17H,4-8H2,(H,18,20)(H,19,21). The van der Waals surface area contributed by atoms with Crippen molar-refractivity contribution < 1.29 is 18.4 Å². The quantitative estimate of drug-likeness (QED) is 0.662. The number of nitrogens with one attached hydrogen (secondary N) is 3. The number of amides is 2. The fraction of sp³-hybridized carbons (Fsp3) is 0.429. The highest BCUT2D eigenvalue weighted by atomic mass is 19.1. The fourth-order valence-corrected chi connectivity index (χ4v) is 1.73. The molecule has 1 fully saturated rings. The minimum Gasteiger partial charge on any atom is -0.353 e. The molecule has 0 aromatic heterocycles. The zero-order valence-corrected chi connectivity index (χ0v) is 11.4. The lowest BCUT2D eigenvalue weighted by molar-refractivity contribution is -0.121. The second-order valence-electron chi connectivity index (χ2n) is 4.91. The Kier molecular flexibility index (Phi) is 5.21. The molecule has 0 saturated heterocycles. The molecule has 0 bridgehead atoms. The highest BCUT2D eigenvalue weighted by Crippen LogP contribution is 2.18. The normalized spacial score (nSPS) is 13.8. The largest absolute Gasteiger partial charge is 0.353 e. The highest BCUT2D eigenvalue weighted by Gasteiger charge is 2.22. The van der Waals surface area contributed by atoms with E-state index in [1.807, 2.05) is 0 Å². The van der Waals surface area contributed by atoms with Gasteiger partial charge in [-0.3, -0.25) is 9.59 Å². The first-order chi connectivity index (χ1) is 10.1. The molecule has 1 aromatic rings. The SMILES string of the molecule is O=C(CNCCC(=O)NC1CC1)Nc1c(F)cccc1F. The van der Waals surface area contributed by atoms with E-state index in [2.05, 4.69) is 16.0 Å². The van der Waals surface area contributed by atoms with Crippen LogP contribution in [0.2, 0.25) is 0 Å². The molecule has 114 valence electrons. The average molecular weight is 297 g/mol. The Bertz CT molecular complexity index is 513. The van der Waals surface area contributed by atoms with Crippen molar-refractivity contribution >= 4 is 17.5 Å². The van der Waals surface area contributed by atoms with Crippen LogP contribution in [0.4, 0.5) is 14.5 Å². The van der Waals surface area contributed by atoms with Crippen LogP contribution in [0.5, 0.6) is 0 Å². The maximum absolute atomic E-state index is 13.3. The van der Waals surface area contributed by atoms with E-state index in [0.29, 0.717) is 12.6 Å². The summed E-state index contributed by atoms with van der Waals surface area (Å²) >= 11 is 0. The Morgan fingerprint density at radius 3 is 2.43 bits per heavy atom. The van der Waals surface area contributed by atoms with Crippen LogP contribution < -0.4 is 16.0 Å². The number of halogens is 2. The number of carbonyl (C=O) groups is 2. The van der Waals surface area contributed by atoms with Crippen LogP contribution in [0.3, 0.4) is 0 Å². The first-order valence-corrected chi connectivity index (χ1v) is 6.80. The third kappa shape index (κ3) is 5.11. The van der Waals surface area contributed by atoms with Gasteiger partial charge < -0.3 is 16.0 Å². The predicted molar refractivity (Wildman–Crippen MR) is 73.6 cm³/mol. The second kappa shape index (κ2) is 7.12. The van der Waals surface area contributed by atoms with Crippen molar-refractivity contribution in [2.75, 3.05) is 18.4 Å². The molecule has 0 spiro atoms. The van der Waals surface area contributed by atoms with Gasteiger partial charge in [-0.15, -0.1) is 0 Å². The molecule has 2 amide bonds. The van der Waals surface area contributed by atoms with E-state index < -0.39 is 23.2 Å². The molecular weight excluding hydrogens is 280 g/mol. The monoisotopic (exact) mass is 297 g/mol. The van der Waals surface area contributed by atoms with Gasteiger partial charge in [-0.25, -0.2) is 8.78 Å². The molecule has 21 heavy (non-hydrogen) atoms. The molecular formula is C14H17F2N3O2. The number of para-hydroxylation sites is 1. The van der Waals surface area contributed by atoms with Gasteiger partial charge in [0.25, 0.3) is 0 Å². The highest BCUT2D eigenvalue weighted by molar-refractivity contribution is 5.92. The topological polar surface area (TPSA) is 70.2 Å². The maximum atomic E-state index is 13.3. The second-order valence-corrected chi connectivity index (χ2v) is 4.91. The van der Waals surface area contributed by atoms with Gasteiger partial charge in [0.05, 0.1) is 6.54 Å². The summed E-state index contributed by atoms with van der Waals surface area (Å²) < 4.78 is 26.6. The summed E-state index contributed by atoms with van der Waals surface area (Å²) in [7, 11) is 0. The van der Waals surface area contributed by atoms with Crippen LogP contribution in [0, 0.1) is 11.6 Å². The maximum Gasteiger partial charge on any atom is 0.238 e. The molecule has 0 aliphatic heterocycles. The van der Waals surface area contributed by atoms with Gasteiger partial charge in [0, 0.05) is 19.0 Å². The number of hydrogen-bond donors (Lipinski definition) is 3. The van der Waals surface area contributed by atoms with E-state index in [1.54, 1.807) is 0 Å². The van der Waals surface area contributed by atoms with E-state index in [1.165, 1.54) is 6.07 Å². The summed E-state index contributed by atoms with van der Waals surface area (Å²) in [5.74, 6) is -2.29. The Balaban J connectivity index is 1.66. The van der Waals surface area contributed by atoms with Crippen LogP contribution in [-0.4, -0.2) is 30.9 Å². The molecule has 5 nitrogen and oxygen atoms in total. The number of rotatable bonds is 7. The molecule has 0 atom stereocenters. The number of hydrogen-bond acceptors (Lipinski definition) is 3. The van der Waals surface area contributed by atoms with Crippen molar-refractivity contribution in [3.63, 3.8) is 0 Å². The molecule has 1 aromatic carbocycles. The average Bonchev–Trinajstić information content (AvgIpc) is 3.23. The lowest BCUT2D eigenvalue weighted by Gasteiger charge is -2.08. The third-order valence-corrected chi connectivity index (χ3v) is 2.98. The van der Waals surface area contributed by atoms with Crippen molar-refractivity contribution in [2.45, 2.75) is 25.3 Å². The first kappa shape index (κ1) is 15.4. The van der Waals surface area contributed by atoms with Crippen molar-refractivity contribution in [1.29, 1.82) is 0 Å². The Morgan fingerprint density at radius 1 is 1.14 bits per heavy atom. The Labute approximate surface area is 121 Å². The molecule has 1 aliphatic rings. The number of anilines is 1. The van der Waals surface area contributed by atoms with Crippen molar-refractivity contribution in [2.24, 2.45) is 0 Å². The van der Waals surface area contributed by atoms with E-state index in [-0.39, 0.29) is 18.9 Å². The van der Waals surface area contributed by atoms with Gasteiger partial charge in [0.15, 0.2) is 0 Å². The number of carbonyl (C=O) groups excluding carboxylic acids is 2. The van der Waals surface area contributed by atoms with Gasteiger partial charge in [0.1, 0.15) is 17.3 Å². The lowest BCUT2D eigenvalue weighted by atomic mass is 10.3. The van der Waals surface area contributed by atoms with Crippen LogP contribution in [0.25, 0.3) is 0 Å². The third-order valence-electron chi connectivity index (χ3n) is 2.98. The van der Waals surface area contributed by atoms with Crippen LogP contribution in [-0.2, 0) is 9.59 Å². The van der Waals surface area contributed by atoms with Crippen LogP contribution in [0.1, 0.15) is 19.3 Å². The summed E-state index contributed by atoms with van der Waals surface area (Å²) in [5, 5.41) is 7.73. The zero-order valence-electron chi connectivity index (χ0n) is 11.4. The summed E-state index contributed by atoms with van der Waals surface area (Å²) in [6, 6.07) is 3.66. The summed E-state index contributed by atoms with van der Waals surface area (Å²) in [5.41, 5.74) is -0.462. The minimum atomic E-state index is -0.827. The fourth-order valence-electron chi connectivity index (χ4n) is 1.73.